The van der Waals surface area contributed by atoms with Gasteiger partial charge in [0.1, 0.15) is 5.82 Å². The van der Waals surface area contributed by atoms with Crippen molar-refractivity contribution in [2.75, 3.05) is 16.8 Å². The zero-order valence-corrected chi connectivity index (χ0v) is 15.9. The Morgan fingerprint density at radius 2 is 1.76 bits per heavy atom. The van der Waals surface area contributed by atoms with E-state index < -0.39 is 0 Å². The lowest BCUT2D eigenvalue weighted by atomic mass is 10.1. The van der Waals surface area contributed by atoms with E-state index in [-0.39, 0.29) is 24.1 Å². The van der Waals surface area contributed by atoms with Crippen molar-refractivity contribution < 1.29 is 14.0 Å². The minimum Gasteiger partial charge on any atom is -0.326 e. The van der Waals surface area contributed by atoms with E-state index in [1.165, 1.54) is 17.7 Å². The molecule has 3 aromatic carbocycles. The van der Waals surface area contributed by atoms with Gasteiger partial charge in [0, 0.05) is 29.9 Å². The number of amides is 2. The van der Waals surface area contributed by atoms with Gasteiger partial charge in [0.2, 0.25) is 5.91 Å². The number of rotatable bonds is 5. The Balaban J connectivity index is 1.35. The molecule has 4 rings (SSSR count). The summed E-state index contributed by atoms with van der Waals surface area (Å²) in [6, 6.07) is 21.1. The second-order valence-corrected chi connectivity index (χ2v) is 7.09. The Labute approximate surface area is 169 Å². The van der Waals surface area contributed by atoms with Gasteiger partial charge in [0.05, 0.1) is 0 Å². The third-order valence-corrected chi connectivity index (χ3v) is 5.08. The molecular weight excluding hydrogens is 367 g/mol. The van der Waals surface area contributed by atoms with Gasteiger partial charge in [-0.05, 0) is 66.4 Å². The number of hydrogen-bond donors (Lipinski definition) is 1. The lowest BCUT2D eigenvalue weighted by Crippen LogP contribution is -2.28. The van der Waals surface area contributed by atoms with Crippen LogP contribution in [-0.4, -0.2) is 18.4 Å². The van der Waals surface area contributed by atoms with Gasteiger partial charge in [-0.25, -0.2) is 4.39 Å². The van der Waals surface area contributed by atoms with Crippen molar-refractivity contribution in [1.29, 1.82) is 0 Å². The number of carbonyl (C=O) groups is 2. The van der Waals surface area contributed by atoms with Crippen LogP contribution in [0.4, 0.5) is 15.8 Å². The summed E-state index contributed by atoms with van der Waals surface area (Å²) < 4.78 is 13.2. The molecule has 2 amide bonds. The summed E-state index contributed by atoms with van der Waals surface area (Å²) in [5, 5.41) is 2.82. The molecule has 0 aromatic heterocycles. The molecule has 5 heteroatoms. The van der Waals surface area contributed by atoms with E-state index >= 15 is 0 Å². The van der Waals surface area contributed by atoms with Gasteiger partial charge in [0.15, 0.2) is 0 Å². The Kier molecular flexibility index (Phi) is 5.38. The van der Waals surface area contributed by atoms with Gasteiger partial charge in [0.25, 0.3) is 5.91 Å². The summed E-state index contributed by atoms with van der Waals surface area (Å²) >= 11 is 0. The SMILES string of the molecule is O=C(CCc1cccc(F)c1)Nc1ccc(C(=O)N2CCc3ccccc32)cc1. The highest BCUT2D eigenvalue weighted by molar-refractivity contribution is 6.07. The molecule has 0 spiro atoms. The van der Waals surface area contributed by atoms with Crippen molar-refractivity contribution in [3.05, 3.63) is 95.3 Å². The molecule has 1 aliphatic rings. The first-order valence-corrected chi connectivity index (χ1v) is 9.64. The third kappa shape index (κ3) is 4.35. The Hall–Kier alpha value is -3.47. The van der Waals surface area contributed by atoms with E-state index in [0.717, 1.165) is 17.7 Å². The molecule has 0 unspecified atom stereocenters. The van der Waals surface area contributed by atoms with Crippen molar-refractivity contribution >= 4 is 23.2 Å². The minimum atomic E-state index is -0.302. The second-order valence-electron chi connectivity index (χ2n) is 7.09. The summed E-state index contributed by atoms with van der Waals surface area (Å²) in [5.41, 5.74) is 4.15. The van der Waals surface area contributed by atoms with Crippen LogP contribution in [0.3, 0.4) is 0 Å². The Morgan fingerprint density at radius 1 is 0.966 bits per heavy atom. The number of halogens is 1. The van der Waals surface area contributed by atoms with Crippen LogP contribution in [0.2, 0.25) is 0 Å². The van der Waals surface area contributed by atoms with E-state index in [4.69, 9.17) is 0 Å². The zero-order chi connectivity index (χ0) is 20.2. The standard InChI is InChI=1S/C24H21FN2O2/c25-20-6-3-4-17(16-20)8-13-23(28)26-21-11-9-19(10-12-21)24(29)27-15-14-18-5-1-2-7-22(18)27/h1-7,9-12,16H,8,13-15H2,(H,26,28). The Morgan fingerprint density at radius 3 is 2.55 bits per heavy atom. The van der Waals surface area contributed by atoms with Crippen LogP contribution in [0.25, 0.3) is 0 Å². The fourth-order valence-corrected chi connectivity index (χ4v) is 3.58. The third-order valence-electron chi connectivity index (χ3n) is 5.08. The number of nitrogens with zero attached hydrogens (tertiary/aromatic N) is 1. The molecule has 0 bridgehead atoms. The van der Waals surface area contributed by atoms with E-state index in [1.54, 1.807) is 41.3 Å². The predicted octanol–water partition coefficient (Wildman–Crippen LogP) is 4.60. The molecule has 146 valence electrons. The van der Waals surface area contributed by atoms with E-state index in [9.17, 15) is 14.0 Å². The maximum atomic E-state index is 13.2. The van der Waals surface area contributed by atoms with Crippen molar-refractivity contribution in [2.24, 2.45) is 0 Å². The maximum Gasteiger partial charge on any atom is 0.258 e. The van der Waals surface area contributed by atoms with Crippen LogP contribution >= 0.6 is 0 Å². The van der Waals surface area contributed by atoms with Gasteiger partial charge < -0.3 is 10.2 Å². The summed E-state index contributed by atoms with van der Waals surface area (Å²) in [7, 11) is 0. The number of carbonyl (C=O) groups excluding carboxylic acids is 2. The number of hydrogen-bond acceptors (Lipinski definition) is 2. The van der Waals surface area contributed by atoms with Crippen molar-refractivity contribution in [2.45, 2.75) is 19.3 Å². The van der Waals surface area contributed by atoms with Gasteiger partial charge in [-0.1, -0.05) is 30.3 Å². The lowest BCUT2D eigenvalue weighted by Gasteiger charge is -2.17. The van der Waals surface area contributed by atoms with Crippen LogP contribution < -0.4 is 10.2 Å². The highest BCUT2D eigenvalue weighted by Gasteiger charge is 2.24. The van der Waals surface area contributed by atoms with E-state index in [0.29, 0.717) is 24.2 Å². The Bertz CT molecular complexity index is 1050. The fraction of sp³-hybridized carbons (Fsp3) is 0.167. The normalized spacial score (nSPS) is 12.5. The molecule has 3 aromatic rings. The molecule has 29 heavy (non-hydrogen) atoms. The number of nitrogens with one attached hydrogen (secondary N) is 1. The molecule has 0 saturated heterocycles. The fourth-order valence-electron chi connectivity index (χ4n) is 3.58. The molecule has 1 N–H and O–H groups in total. The van der Waals surface area contributed by atoms with Crippen LogP contribution in [0, 0.1) is 5.82 Å². The molecule has 1 heterocycles. The first-order chi connectivity index (χ1) is 14.1. The highest BCUT2D eigenvalue weighted by Crippen LogP contribution is 2.29. The topological polar surface area (TPSA) is 49.4 Å². The monoisotopic (exact) mass is 388 g/mol. The average molecular weight is 388 g/mol. The molecule has 1 aliphatic heterocycles. The molecular formula is C24H21FN2O2. The van der Waals surface area contributed by atoms with Crippen LogP contribution in [0.15, 0.2) is 72.8 Å². The molecule has 0 atom stereocenters. The van der Waals surface area contributed by atoms with E-state index in [1.807, 2.05) is 24.3 Å². The lowest BCUT2D eigenvalue weighted by molar-refractivity contribution is -0.116. The second kappa shape index (κ2) is 8.27. The zero-order valence-electron chi connectivity index (χ0n) is 15.9. The summed E-state index contributed by atoms with van der Waals surface area (Å²) in [4.78, 5) is 26.8. The predicted molar refractivity (Wildman–Crippen MR) is 112 cm³/mol. The van der Waals surface area contributed by atoms with Gasteiger partial charge in [-0.3, -0.25) is 9.59 Å². The minimum absolute atomic E-state index is 0.0427. The summed E-state index contributed by atoms with van der Waals surface area (Å²) in [6.07, 6.45) is 1.59. The number of benzene rings is 3. The largest absolute Gasteiger partial charge is 0.326 e. The summed E-state index contributed by atoms with van der Waals surface area (Å²) in [5.74, 6) is -0.496. The number of fused-ring (bicyclic) bond motifs is 1. The van der Waals surface area contributed by atoms with Crippen molar-refractivity contribution in [3.8, 4) is 0 Å². The molecule has 0 saturated carbocycles. The number of aryl methyl sites for hydroxylation is 1. The first-order valence-electron chi connectivity index (χ1n) is 9.64. The highest BCUT2D eigenvalue weighted by atomic mass is 19.1. The van der Waals surface area contributed by atoms with Gasteiger partial charge in [-0.15, -0.1) is 0 Å². The smallest absolute Gasteiger partial charge is 0.258 e. The van der Waals surface area contributed by atoms with Crippen LogP contribution in [0.5, 0.6) is 0 Å². The molecule has 4 nitrogen and oxygen atoms in total. The quantitative estimate of drug-likeness (QED) is 0.694. The van der Waals surface area contributed by atoms with Crippen molar-refractivity contribution in [3.63, 3.8) is 0 Å². The van der Waals surface area contributed by atoms with Gasteiger partial charge >= 0.3 is 0 Å². The number of para-hydroxylation sites is 1. The number of anilines is 2. The first kappa shape index (κ1) is 18.9. The molecule has 0 radical (unpaired) electrons. The average Bonchev–Trinajstić information content (AvgIpc) is 3.17. The summed E-state index contributed by atoms with van der Waals surface area (Å²) in [6.45, 7) is 0.677. The van der Waals surface area contributed by atoms with Crippen LogP contribution in [0.1, 0.15) is 27.9 Å². The molecule has 0 aliphatic carbocycles. The van der Waals surface area contributed by atoms with E-state index in [2.05, 4.69) is 5.32 Å². The van der Waals surface area contributed by atoms with Crippen molar-refractivity contribution in [1.82, 2.24) is 0 Å². The van der Waals surface area contributed by atoms with Gasteiger partial charge in [-0.2, -0.15) is 0 Å². The molecule has 0 fully saturated rings. The maximum absolute atomic E-state index is 13.2. The van der Waals surface area contributed by atoms with Crippen LogP contribution in [-0.2, 0) is 17.6 Å².